The lowest BCUT2D eigenvalue weighted by Gasteiger charge is -2.00. The van der Waals surface area contributed by atoms with Crippen molar-refractivity contribution in [3.63, 3.8) is 0 Å². The molecule has 0 spiro atoms. The van der Waals surface area contributed by atoms with Crippen LogP contribution in [0.3, 0.4) is 0 Å². The van der Waals surface area contributed by atoms with Crippen molar-refractivity contribution in [2.75, 3.05) is 0 Å². The van der Waals surface area contributed by atoms with E-state index in [4.69, 9.17) is 0 Å². The van der Waals surface area contributed by atoms with Crippen molar-refractivity contribution in [3.05, 3.63) is 0 Å². The normalized spacial score (nSPS) is 11.6. The van der Waals surface area contributed by atoms with Gasteiger partial charge in [-0.25, -0.2) is 4.79 Å². The molecule has 0 unspecified atom stereocenters. The van der Waals surface area contributed by atoms with E-state index in [2.05, 4.69) is 11.6 Å². The smallest absolute Gasteiger partial charge is 0.247 e. The monoisotopic (exact) mass is 196 g/mol. The predicted molar refractivity (Wildman–Crippen MR) is 32.5 cm³/mol. The number of alkyl halides is 3. The van der Waals surface area contributed by atoms with Gasteiger partial charge >= 0.3 is 10.1 Å². The van der Waals surface area contributed by atoms with Crippen LogP contribution < -0.4 is 0 Å². The van der Waals surface area contributed by atoms with Gasteiger partial charge < -0.3 is 0 Å². The number of carbonyl (C=O) groups excluding carboxylic acids is 1. The van der Waals surface area contributed by atoms with E-state index in [1.807, 2.05) is 0 Å². The topological polar surface area (TPSA) is 17.1 Å². The Kier molecular flexibility index (Phi) is 3.76. The van der Waals surface area contributed by atoms with E-state index in [9.17, 15) is 18.0 Å². The van der Waals surface area contributed by atoms with E-state index >= 15 is 0 Å². The van der Waals surface area contributed by atoms with E-state index in [1.54, 1.807) is 0 Å². The summed E-state index contributed by atoms with van der Waals surface area (Å²) >= 11 is 4.27. The van der Waals surface area contributed by atoms with Crippen LogP contribution in [0.1, 0.15) is 0 Å². The van der Waals surface area contributed by atoms with Gasteiger partial charge in [0.1, 0.15) is 0 Å². The van der Waals surface area contributed by atoms with Gasteiger partial charge in [-0.05, 0) is 11.6 Å². The van der Waals surface area contributed by atoms with E-state index in [0.717, 1.165) is 0 Å². The van der Waals surface area contributed by atoms with Crippen molar-refractivity contribution in [1.29, 1.82) is 0 Å². The molecule has 0 radical (unpaired) electrons. The maximum absolute atomic E-state index is 11.5. The summed E-state index contributed by atoms with van der Waals surface area (Å²) in [6.45, 7) is 0. The minimum absolute atomic E-state index is 0.233. The van der Waals surface area contributed by atoms with Crippen molar-refractivity contribution >= 4 is 38.6 Å². The third-order valence-electron chi connectivity index (χ3n) is 0.202. The van der Waals surface area contributed by atoms with E-state index in [-0.39, 0.29) is 21.6 Å². The summed E-state index contributed by atoms with van der Waals surface area (Å²) in [7, 11) is -0.567. The average molecular weight is 197 g/mol. The average Bonchev–Trinajstić information content (AvgIpc) is 1.59. The number of carbonyl (C=O) groups is 1. The molecule has 0 aliphatic heterocycles. The fourth-order valence-electron chi connectivity index (χ4n) is 0.0800. The zero-order valence-electron chi connectivity index (χ0n) is 3.74. The number of halogens is 4. The summed E-state index contributed by atoms with van der Waals surface area (Å²) < 4.78 is 30.5. The third-order valence-corrected chi connectivity index (χ3v) is 2.38. The van der Waals surface area contributed by atoms with Gasteiger partial charge in [-0.2, -0.15) is 13.2 Å². The van der Waals surface area contributed by atoms with Crippen LogP contribution in [-0.4, -0.2) is 10.1 Å². The Labute approximate surface area is 61.7 Å². The maximum Gasteiger partial charge on any atom is 0.381 e. The Bertz CT molecular complexity index is 113. The van der Waals surface area contributed by atoms with Crippen molar-refractivity contribution in [1.82, 2.24) is 0 Å². The lowest BCUT2D eigenvalue weighted by molar-refractivity contribution is 0.205. The van der Waals surface area contributed by atoms with Gasteiger partial charge in [-0.1, -0.05) is 0 Å². The zero-order chi connectivity index (χ0) is 7.49. The molecule has 0 aliphatic rings. The number of hydrogen-bond donors (Lipinski definition) is 0. The van der Waals surface area contributed by atoms with Crippen LogP contribution in [0, 0.1) is 0 Å². The van der Waals surface area contributed by atoms with Crippen LogP contribution in [-0.2, 0) is 0 Å². The molecule has 7 heteroatoms. The molecule has 0 fully saturated rings. The molecular formula is C2ClF3OS2. The van der Waals surface area contributed by atoms with Gasteiger partial charge in [0.25, 0.3) is 0 Å². The molecule has 0 heterocycles. The fraction of sp³-hybridized carbons (Fsp3) is 0.500. The molecule has 0 aromatic rings. The van der Waals surface area contributed by atoms with Crippen LogP contribution >= 0.6 is 33.2 Å². The molecule has 9 heavy (non-hydrogen) atoms. The summed E-state index contributed by atoms with van der Waals surface area (Å²) in [4.78, 5) is 9.37. The number of hydrogen-bond acceptors (Lipinski definition) is 3. The first kappa shape index (κ1) is 9.45. The highest BCUT2D eigenvalue weighted by molar-refractivity contribution is 8.82. The Balaban J connectivity index is 3.39. The molecule has 0 rings (SSSR count). The lowest BCUT2D eigenvalue weighted by Crippen LogP contribution is -1.94. The van der Waals surface area contributed by atoms with Crippen molar-refractivity contribution in [2.24, 2.45) is 0 Å². The Morgan fingerprint density at radius 2 is 2.00 bits per heavy atom. The second kappa shape index (κ2) is 3.58. The molecule has 0 N–H and O–H groups in total. The van der Waals surface area contributed by atoms with Gasteiger partial charge in [0.05, 0.1) is 0 Å². The van der Waals surface area contributed by atoms with Gasteiger partial charge in [0, 0.05) is 21.6 Å². The van der Waals surface area contributed by atoms with Crippen molar-refractivity contribution < 1.29 is 18.0 Å². The maximum atomic E-state index is 11.5. The van der Waals surface area contributed by atoms with Crippen LogP contribution in [0.4, 0.5) is 18.0 Å². The van der Waals surface area contributed by atoms with E-state index < -0.39 is 10.1 Å². The fourth-order valence-corrected chi connectivity index (χ4v) is 1.00. The van der Waals surface area contributed by atoms with Gasteiger partial charge in [-0.3, -0.25) is 0 Å². The molecule has 0 saturated carbocycles. The summed E-state index contributed by atoms with van der Waals surface area (Å²) in [5, 5.41) is -1.89. The summed E-state index contributed by atoms with van der Waals surface area (Å²) in [5.41, 5.74) is 0. The molecule has 0 amide bonds. The van der Waals surface area contributed by atoms with Crippen LogP contribution in [0.15, 0.2) is 0 Å². The molecule has 0 aromatic carbocycles. The first-order chi connectivity index (χ1) is 3.92. The highest BCUT2D eigenvalue weighted by Gasteiger charge is 2.27. The van der Waals surface area contributed by atoms with Gasteiger partial charge in [0.15, 0.2) is 0 Å². The highest BCUT2D eigenvalue weighted by atomic mass is 35.5. The van der Waals surface area contributed by atoms with E-state index in [1.165, 1.54) is 0 Å². The Hall–Kier alpha value is 0.450. The largest absolute Gasteiger partial charge is 0.381 e. The highest BCUT2D eigenvalue weighted by Crippen LogP contribution is 2.42. The van der Waals surface area contributed by atoms with Gasteiger partial charge in [-0.15, -0.1) is 0 Å². The standard InChI is InChI=1S/C2ClF3OS2/c3-2(5,6)9-8-1(4)7. The van der Waals surface area contributed by atoms with Crippen LogP contribution in [0.5, 0.6) is 0 Å². The second-order valence-corrected chi connectivity index (χ2v) is 3.72. The first-order valence-electron chi connectivity index (χ1n) is 1.53. The Morgan fingerprint density at radius 1 is 1.56 bits per heavy atom. The zero-order valence-corrected chi connectivity index (χ0v) is 6.13. The molecule has 0 atom stereocenters. The van der Waals surface area contributed by atoms with Crippen molar-refractivity contribution in [3.8, 4) is 0 Å². The molecule has 0 saturated heterocycles. The molecule has 0 aromatic heterocycles. The molecular weight excluding hydrogens is 197 g/mol. The van der Waals surface area contributed by atoms with E-state index in [0.29, 0.717) is 0 Å². The second-order valence-electron chi connectivity index (χ2n) is 0.850. The minimum atomic E-state index is -3.58. The SMILES string of the molecule is O=C(F)SSC(F)(F)Cl. The predicted octanol–water partition coefficient (Wildman–Crippen LogP) is 3.25. The quantitative estimate of drug-likeness (QED) is 0.383. The van der Waals surface area contributed by atoms with Crippen LogP contribution in [0.2, 0.25) is 0 Å². The summed E-state index contributed by atoms with van der Waals surface area (Å²) in [6, 6.07) is 0. The Morgan fingerprint density at radius 3 is 2.11 bits per heavy atom. The number of rotatable bonds is 2. The molecule has 54 valence electrons. The molecule has 1 nitrogen and oxygen atoms in total. The molecule has 0 bridgehead atoms. The molecule has 0 aliphatic carbocycles. The van der Waals surface area contributed by atoms with Gasteiger partial charge in [0.2, 0.25) is 0 Å². The summed E-state index contributed by atoms with van der Waals surface area (Å²) in [6.07, 6.45) is 0. The minimum Gasteiger partial charge on any atom is -0.247 e. The van der Waals surface area contributed by atoms with Crippen molar-refractivity contribution in [2.45, 2.75) is 4.71 Å². The lowest BCUT2D eigenvalue weighted by atomic mass is 11.6. The first-order valence-corrected chi connectivity index (χ1v) is 4.06. The van der Waals surface area contributed by atoms with Crippen LogP contribution in [0.25, 0.3) is 0 Å². The third kappa shape index (κ3) is 8.45. The summed E-state index contributed by atoms with van der Waals surface area (Å²) in [5.74, 6) is 0.